The standard InChI is InChI=1S/C16H13ClFNO/c17-14-7-2-1-5-12(14)6-4-10-20-16-9-3-8-15(18)13(16)11-19/h1-3,5,7-9H,4,6,10H2. The lowest BCUT2D eigenvalue weighted by molar-refractivity contribution is 0.308. The maximum absolute atomic E-state index is 13.4. The number of aryl methyl sites for hydroxylation is 1. The number of hydrogen-bond donors (Lipinski definition) is 0. The number of rotatable bonds is 5. The van der Waals surface area contributed by atoms with Crippen molar-refractivity contribution in [2.75, 3.05) is 6.61 Å². The Morgan fingerprint density at radius 2 is 1.95 bits per heavy atom. The van der Waals surface area contributed by atoms with Gasteiger partial charge in [0.05, 0.1) is 6.61 Å². The van der Waals surface area contributed by atoms with Crippen LogP contribution in [0.25, 0.3) is 0 Å². The first kappa shape index (κ1) is 14.4. The molecule has 0 saturated carbocycles. The lowest BCUT2D eigenvalue weighted by atomic mass is 10.1. The molecule has 0 spiro atoms. The first-order valence-electron chi connectivity index (χ1n) is 6.27. The van der Waals surface area contributed by atoms with E-state index in [1.54, 1.807) is 6.07 Å². The molecule has 102 valence electrons. The highest BCUT2D eigenvalue weighted by atomic mass is 35.5. The van der Waals surface area contributed by atoms with Crippen molar-refractivity contribution >= 4 is 11.6 Å². The van der Waals surface area contributed by atoms with Gasteiger partial charge in [0, 0.05) is 5.02 Å². The van der Waals surface area contributed by atoms with Gasteiger partial charge in [-0.2, -0.15) is 5.26 Å². The molecular formula is C16H13ClFNO. The Labute approximate surface area is 122 Å². The van der Waals surface area contributed by atoms with E-state index in [4.69, 9.17) is 21.6 Å². The molecular weight excluding hydrogens is 277 g/mol. The van der Waals surface area contributed by atoms with Crippen LogP contribution in [0.5, 0.6) is 5.75 Å². The molecule has 0 aliphatic rings. The first-order chi connectivity index (χ1) is 9.72. The summed E-state index contributed by atoms with van der Waals surface area (Å²) in [5.41, 5.74) is 1.00. The van der Waals surface area contributed by atoms with Gasteiger partial charge in [0.2, 0.25) is 0 Å². The van der Waals surface area contributed by atoms with Crippen molar-refractivity contribution in [2.45, 2.75) is 12.8 Å². The SMILES string of the molecule is N#Cc1c(F)cccc1OCCCc1ccccc1Cl. The Morgan fingerprint density at radius 3 is 2.70 bits per heavy atom. The topological polar surface area (TPSA) is 33.0 Å². The molecule has 20 heavy (non-hydrogen) atoms. The van der Waals surface area contributed by atoms with Crippen molar-refractivity contribution in [3.8, 4) is 11.8 Å². The number of nitriles is 1. The van der Waals surface area contributed by atoms with Gasteiger partial charge in [-0.3, -0.25) is 0 Å². The van der Waals surface area contributed by atoms with E-state index >= 15 is 0 Å². The van der Waals surface area contributed by atoms with E-state index in [9.17, 15) is 4.39 Å². The second-order valence-electron chi connectivity index (χ2n) is 4.27. The van der Waals surface area contributed by atoms with Crippen LogP contribution in [0.2, 0.25) is 5.02 Å². The lowest BCUT2D eigenvalue weighted by Gasteiger charge is -2.08. The van der Waals surface area contributed by atoms with E-state index in [0.29, 0.717) is 6.61 Å². The Bertz CT molecular complexity index is 637. The largest absolute Gasteiger partial charge is 0.492 e. The normalized spacial score (nSPS) is 10.1. The summed E-state index contributed by atoms with van der Waals surface area (Å²) in [5.74, 6) is -0.275. The third kappa shape index (κ3) is 3.49. The van der Waals surface area contributed by atoms with Gasteiger partial charge in [0.1, 0.15) is 23.2 Å². The van der Waals surface area contributed by atoms with Crippen molar-refractivity contribution in [1.82, 2.24) is 0 Å². The number of nitrogens with zero attached hydrogens (tertiary/aromatic N) is 1. The minimum absolute atomic E-state index is 0.0507. The van der Waals surface area contributed by atoms with Gasteiger partial charge in [0.25, 0.3) is 0 Å². The summed E-state index contributed by atoms with van der Waals surface area (Å²) >= 11 is 6.06. The van der Waals surface area contributed by atoms with Gasteiger partial charge in [-0.1, -0.05) is 35.9 Å². The van der Waals surface area contributed by atoms with Gasteiger partial charge < -0.3 is 4.74 Å². The Hall–Kier alpha value is -2.05. The molecule has 0 unspecified atom stereocenters. The fraction of sp³-hybridized carbons (Fsp3) is 0.188. The van der Waals surface area contributed by atoms with E-state index in [1.165, 1.54) is 12.1 Å². The summed E-state index contributed by atoms with van der Waals surface area (Å²) in [6.45, 7) is 0.406. The molecule has 4 heteroatoms. The maximum atomic E-state index is 13.4. The predicted molar refractivity (Wildman–Crippen MR) is 76.4 cm³/mol. The molecule has 0 radical (unpaired) electrons. The highest BCUT2D eigenvalue weighted by Gasteiger charge is 2.08. The van der Waals surface area contributed by atoms with Crippen LogP contribution in [0.3, 0.4) is 0 Å². The summed E-state index contributed by atoms with van der Waals surface area (Å²) in [6, 6.07) is 13.8. The molecule has 2 aromatic carbocycles. The highest BCUT2D eigenvalue weighted by Crippen LogP contribution is 2.21. The van der Waals surface area contributed by atoms with Crippen molar-refractivity contribution < 1.29 is 9.13 Å². The van der Waals surface area contributed by atoms with Crippen molar-refractivity contribution in [3.05, 3.63) is 64.4 Å². The fourth-order valence-corrected chi connectivity index (χ4v) is 2.11. The smallest absolute Gasteiger partial charge is 0.144 e. The van der Waals surface area contributed by atoms with Crippen molar-refractivity contribution in [3.63, 3.8) is 0 Å². The maximum Gasteiger partial charge on any atom is 0.144 e. The van der Waals surface area contributed by atoms with Gasteiger partial charge in [0.15, 0.2) is 0 Å². The molecule has 0 amide bonds. The van der Waals surface area contributed by atoms with E-state index in [1.807, 2.05) is 30.3 Å². The van der Waals surface area contributed by atoms with Gasteiger partial charge in [-0.25, -0.2) is 4.39 Å². The number of benzene rings is 2. The predicted octanol–water partition coefficient (Wildman–Crippen LogP) is 4.36. The van der Waals surface area contributed by atoms with Crippen LogP contribution in [-0.4, -0.2) is 6.61 Å². The zero-order valence-electron chi connectivity index (χ0n) is 10.8. The number of hydrogen-bond acceptors (Lipinski definition) is 2. The van der Waals surface area contributed by atoms with E-state index in [0.717, 1.165) is 23.4 Å². The number of halogens is 2. The van der Waals surface area contributed by atoms with Crippen molar-refractivity contribution in [2.24, 2.45) is 0 Å². The molecule has 2 nitrogen and oxygen atoms in total. The minimum Gasteiger partial charge on any atom is -0.492 e. The third-order valence-electron chi connectivity index (χ3n) is 2.89. The summed E-state index contributed by atoms with van der Waals surface area (Å²) in [7, 11) is 0. The molecule has 0 atom stereocenters. The Balaban J connectivity index is 1.90. The fourth-order valence-electron chi connectivity index (χ4n) is 1.88. The first-order valence-corrected chi connectivity index (χ1v) is 6.65. The van der Waals surface area contributed by atoms with Crippen LogP contribution in [0, 0.1) is 17.1 Å². The monoisotopic (exact) mass is 289 g/mol. The molecule has 0 aliphatic heterocycles. The van der Waals surface area contributed by atoms with E-state index in [2.05, 4.69) is 0 Å². The van der Waals surface area contributed by atoms with Gasteiger partial charge >= 0.3 is 0 Å². The molecule has 0 aliphatic carbocycles. The molecule has 0 aromatic heterocycles. The quantitative estimate of drug-likeness (QED) is 0.766. The van der Waals surface area contributed by atoms with Crippen LogP contribution in [-0.2, 0) is 6.42 Å². The molecule has 0 N–H and O–H groups in total. The molecule has 2 aromatic rings. The van der Waals surface area contributed by atoms with E-state index in [-0.39, 0.29) is 11.3 Å². The lowest BCUT2D eigenvalue weighted by Crippen LogP contribution is -2.02. The number of ether oxygens (including phenoxy) is 1. The highest BCUT2D eigenvalue weighted by molar-refractivity contribution is 6.31. The van der Waals surface area contributed by atoms with Gasteiger partial charge in [-0.05, 0) is 36.6 Å². The summed E-state index contributed by atoms with van der Waals surface area (Å²) in [4.78, 5) is 0. The second kappa shape index (κ2) is 6.93. The summed E-state index contributed by atoms with van der Waals surface area (Å²) < 4.78 is 18.8. The Morgan fingerprint density at radius 1 is 1.15 bits per heavy atom. The molecule has 0 bridgehead atoms. The van der Waals surface area contributed by atoms with Crippen LogP contribution in [0.15, 0.2) is 42.5 Å². The Kier molecular flexibility index (Phi) is 4.97. The van der Waals surface area contributed by atoms with Crippen LogP contribution >= 0.6 is 11.6 Å². The third-order valence-corrected chi connectivity index (χ3v) is 3.26. The minimum atomic E-state index is -0.559. The second-order valence-corrected chi connectivity index (χ2v) is 4.68. The van der Waals surface area contributed by atoms with Crippen LogP contribution < -0.4 is 4.74 Å². The molecule has 0 fully saturated rings. The van der Waals surface area contributed by atoms with Crippen molar-refractivity contribution in [1.29, 1.82) is 5.26 Å². The molecule has 0 heterocycles. The molecule has 2 rings (SSSR count). The summed E-state index contributed by atoms with van der Waals surface area (Å²) in [6.07, 6.45) is 1.52. The van der Waals surface area contributed by atoms with Crippen LogP contribution in [0.4, 0.5) is 4.39 Å². The summed E-state index contributed by atoms with van der Waals surface area (Å²) in [5, 5.41) is 9.62. The van der Waals surface area contributed by atoms with E-state index < -0.39 is 5.82 Å². The zero-order chi connectivity index (χ0) is 14.4. The molecule has 0 saturated heterocycles. The zero-order valence-corrected chi connectivity index (χ0v) is 11.5. The van der Waals surface area contributed by atoms with Gasteiger partial charge in [-0.15, -0.1) is 0 Å². The average molecular weight is 290 g/mol. The average Bonchev–Trinajstić information content (AvgIpc) is 2.45. The van der Waals surface area contributed by atoms with Crippen LogP contribution in [0.1, 0.15) is 17.5 Å².